The van der Waals surface area contributed by atoms with Crippen LogP contribution in [0.3, 0.4) is 0 Å². The largest absolute Gasteiger partial charge is 0.359 e. The van der Waals surface area contributed by atoms with Crippen molar-refractivity contribution in [1.82, 2.24) is 5.16 Å². The Morgan fingerprint density at radius 1 is 1.77 bits per heavy atom. The molecule has 1 heterocycles. The Morgan fingerprint density at radius 2 is 2.54 bits per heavy atom. The Morgan fingerprint density at radius 3 is 3.08 bits per heavy atom. The third-order valence-electron chi connectivity index (χ3n) is 1.39. The smallest absolute Gasteiger partial charge is 0.301 e. The van der Waals surface area contributed by atoms with Gasteiger partial charge in [-0.2, -0.15) is 0 Å². The second-order valence-electron chi connectivity index (χ2n) is 2.36. The number of carbonyl (C=O) groups is 1. The van der Waals surface area contributed by atoms with E-state index in [-0.39, 0.29) is 5.91 Å². The molecule has 4 heteroatoms. The van der Waals surface area contributed by atoms with Gasteiger partial charge in [-0.05, 0) is 12.8 Å². The molecule has 0 radical (unpaired) electrons. The van der Waals surface area contributed by atoms with Crippen LogP contribution in [-0.2, 0) is 11.2 Å². The summed E-state index contributed by atoms with van der Waals surface area (Å²) in [6.45, 7) is 3.54. The van der Waals surface area contributed by atoms with Crippen LogP contribution in [0.2, 0.25) is 0 Å². The fourth-order valence-electron chi connectivity index (χ4n) is 0.800. The van der Waals surface area contributed by atoms with Crippen LogP contribution in [0.15, 0.2) is 10.6 Å². The predicted molar refractivity (Wildman–Crippen MR) is 48.0 cm³/mol. The van der Waals surface area contributed by atoms with Gasteiger partial charge in [0.15, 0.2) is 5.82 Å². The minimum Gasteiger partial charge on any atom is -0.359 e. The van der Waals surface area contributed by atoms with E-state index in [0.29, 0.717) is 5.82 Å². The number of aromatic nitrogens is 1. The van der Waals surface area contributed by atoms with Gasteiger partial charge >= 0.3 is 5.91 Å². The highest BCUT2D eigenvalue weighted by atomic mass is 16.5. The molecule has 0 aliphatic carbocycles. The van der Waals surface area contributed by atoms with Crippen molar-refractivity contribution in [3.8, 4) is 11.8 Å². The molecular formula is C9H10N2O2. The van der Waals surface area contributed by atoms with Crippen molar-refractivity contribution < 1.29 is 9.32 Å². The van der Waals surface area contributed by atoms with Gasteiger partial charge in [-0.15, -0.1) is 0 Å². The van der Waals surface area contributed by atoms with Gasteiger partial charge in [-0.1, -0.05) is 18.0 Å². The fourth-order valence-corrected chi connectivity index (χ4v) is 0.800. The Labute approximate surface area is 76.3 Å². The number of nitrogens with zero attached hydrogens (tertiary/aromatic N) is 1. The van der Waals surface area contributed by atoms with Crippen molar-refractivity contribution in [2.45, 2.75) is 20.3 Å². The maximum Gasteiger partial charge on any atom is 0.301 e. The van der Waals surface area contributed by atoms with Crippen LogP contribution >= 0.6 is 0 Å². The summed E-state index contributed by atoms with van der Waals surface area (Å²) in [6, 6.07) is 1.68. The van der Waals surface area contributed by atoms with Gasteiger partial charge in [0.25, 0.3) is 0 Å². The van der Waals surface area contributed by atoms with Crippen LogP contribution < -0.4 is 5.32 Å². The Bertz CT molecular complexity index is 357. The summed E-state index contributed by atoms with van der Waals surface area (Å²) in [6.07, 6.45) is 0.752. The van der Waals surface area contributed by atoms with E-state index in [0.717, 1.165) is 12.2 Å². The fraction of sp³-hybridized carbons (Fsp3) is 0.333. The molecule has 0 saturated heterocycles. The van der Waals surface area contributed by atoms with Crippen molar-refractivity contribution in [1.29, 1.82) is 0 Å². The molecule has 0 spiro atoms. The van der Waals surface area contributed by atoms with Gasteiger partial charge < -0.3 is 4.52 Å². The number of hydrogen-bond acceptors (Lipinski definition) is 3. The van der Waals surface area contributed by atoms with E-state index in [9.17, 15) is 4.79 Å². The molecule has 0 aliphatic heterocycles. The van der Waals surface area contributed by atoms with E-state index >= 15 is 0 Å². The van der Waals surface area contributed by atoms with Gasteiger partial charge in [0.1, 0.15) is 5.76 Å². The molecule has 13 heavy (non-hydrogen) atoms. The second-order valence-corrected chi connectivity index (χ2v) is 2.36. The summed E-state index contributed by atoms with van der Waals surface area (Å²) < 4.78 is 4.88. The number of anilines is 1. The highest BCUT2D eigenvalue weighted by Crippen LogP contribution is 2.08. The van der Waals surface area contributed by atoms with Crippen LogP contribution in [0, 0.1) is 11.8 Å². The highest BCUT2D eigenvalue weighted by Gasteiger charge is 2.03. The zero-order valence-electron chi connectivity index (χ0n) is 7.55. The van der Waals surface area contributed by atoms with Crippen LogP contribution in [0.4, 0.5) is 5.82 Å². The molecule has 1 N–H and O–H groups in total. The molecular weight excluding hydrogens is 168 g/mol. The van der Waals surface area contributed by atoms with Crippen LogP contribution in [0.1, 0.15) is 19.6 Å². The summed E-state index contributed by atoms with van der Waals surface area (Å²) >= 11 is 0. The van der Waals surface area contributed by atoms with Crippen molar-refractivity contribution in [2.24, 2.45) is 0 Å². The van der Waals surface area contributed by atoms with E-state index in [1.54, 1.807) is 13.0 Å². The molecule has 0 atom stereocenters. The molecule has 1 aromatic heterocycles. The molecule has 0 saturated carbocycles. The lowest BCUT2D eigenvalue weighted by atomic mass is 10.3. The summed E-state index contributed by atoms with van der Waals surface area (Å²) in [5.41, 5.74) is 0. The van der Waals surface area contributed by atoms with Crippen molar-refractivity contribution >= 4 is 11.7 Å². The first-order valence-corrected chi connectivity index (χ1v) is 3.95. The van der Waals surface area contributed by atoms with Gasteiger partial charge in [0.05, 0.1) is 0 Å². The van der Waals surface area contributed by atoms with Crippen molar-refractivity contribution in [2.75, 3.05) is 5.32 Å². The Balaban J connectivity index is 2.62. The lowest BCUT2D eigenvalue weighted by molar-refractivity contribution is -0.111. The monoisotopic (exact) mass is 178 g/mol. The average Bonchev–Trinajstić information content (AvgIpc) is 2.52. The summed E-state index contributed by atoms with van der Waals surface area (Å²) in [7, 11) is 0. The standard InChI is InChI=1S/C9H10N2O2/c1-3-5-9(12)10-8-6-7(4-2)13-11-8/h6H,4H2,1-2H3,(H,10,11,12). The zero-order valence-corrected chi connectivity index (χ0v) is 7.55. The zero-order chi connectivity index (χ0) is 9.68. The minimum absolute atomic E-state index is 0.376. The van der Waals surface area contributed by atoms with Gasteiger partial charge in [-0.25, -0.2) is 0 Å². The van der Waals surface area contributed by atoms with Crippen molar-refractivity contribution in [3.63, 3.8) is 0 Å². The topological polar surface area (TPSA) is 55.1 Å². The lowest BCUT2D eigenvalue weighted by Crippen LogP contribution is -2.08. The van der Waals surface area contributed by atoms with E-state index in [1.165, 1.54) is 0 Å². The van der Waals surface area contributed by atoms with Gasteiger partial charge in [0, 0.05) is 12.5 Å². The molecule has 68 valence electrons. The number of rotatable bonds is 2. The maximum atomic E-state index is 10.9. The highest BCUT2D eigenvalue weighted by molar-refractivity contribution is 6.03. The quantitative estimate of drug-likeness (QED) is 0.692. The summed E-state index contributed by atoms with van der Waals surface area (Å²) in [5, 5.41) is 6.11. The Hall–Kier alpha value is -1.76. The maximum absolute atomic E-state index is 10.9. The first-order valence-electron chi connectivity index (χ1n) is 3.95. The van der Waals surface area contributed by atoms with E-state index in [2.05, 4.69) is 22.3 Å². The second kappa shape index (κ2) is 4.31. The first kappa shape index (κ1) is 9.33. The van der Waals surface area contributed by atoms with Gasteiger partial charge in [-0.3, -0.25) is 10.1 Å². The molecule has 0 fully saturated rings. The van der Waals surface area contributed by atoms with E-state index in [4.69, 9.17) is 4.52 Å². The number of nitrogens with one attached hydrogen (secondary N) is 1. The van der Waals surface area contributed by atoms with Gasteiger partial charge in [0.2, 0.25) is 0 Å². The van der Waals surface area contributed by atoms with Crippen molar-refractivity contribution in [3.05, 3.63) is 11.8 Å². The number of amides is 1. The first-order chi connectivity index (χ1) is 6.26. The minimum atomic E-state index is -0.376. The summed E-state index contributed by atoms with van der Waals surface area (Å²) in [5.74, 6) is 5.59. The van der Waals surface area contributed by atoms with Crippen LogP contribution in [-0.4, -0.2) is 11.1 Å². The van der Waals surface area contributed by atoms with Crippen LogP contribution in [0.5, 0.6) is 0 Å². The lowest BCUT2D eigenvalue weighted by Gasteiger charge is -1.89. The third-order valence-corrected chi connectivity index (χ3v) is 1.39. The molecule has 4 nitrogen and oxygen atoms in total. The predicted octanol–water partition coefficient (Wildman–Crippen LogP) is 1.20. The molecule has 1 rings (SSSR count). The van der Waals surface area contributed by atoms with E-state index in [1.807, 2.05) is 6.92 Å². The molecule has 1 aromatic rings. The van der Waals surface area contributed by atoms with Crippen LogP contribution in [0.25, 0.3) is 0 Å². The molecule has 0 aromatic carbocycles. The Kier molecular flexibility index (Phi) is 3.09. The SMILES string of the molecule is CC#CC(=O)Nc1cc(CC)on1. The van der Waals surface area contributed by atoms with E-state index < -0.39 is 0 Å². The summed E-state index contributed by atoms with van der Waals surface area (Å²) in [4.78, 5) is 10.9. The average molecular weight is 178 g/mol. The molecule has 0 aliphatic rings. The molecule has 1 amide bonds. The third kappa shape index (κ3) is 2.64. The molecule has 0 unspecified atom stereocenters. The molecule has 0 bridgehead atoms. The number of hydrogen-bond donors (Lipinski definition) is 1. The number of aryl methyl sites for hydroxylation is 1. The number of carbonyl (C=O) groups excluding carboxylic acids is 1. The normalized spacial score (nSPS) is 8.77.